The van der Waals surface area contributed by atoms with Crippen LogP contribution in [0.3, 0.4) is 0 Å². The Balaban J connectivity index is 1.59. The summed E-state index contributed by atoms with van der Waals surface area (Å²) in [6.07, 6.45) is 2.65. The summed E-state index contributed by atoms with van der Waals surface area (Å²) < 4.78 is 7.28. The highest BCUT2D eigenvalue weighted by molar-refractivity contribution is 5.98. The van der Waals surface area contributed by atoms with Crippen LogP contribution in [0.4, 0.5) is 5.82 Å². The molecule has 130 valence electrons. The van der Waals surface area contributed by atoms with Crippen molar-refractivity contribution in [2.45, 2.75) is 25.1 Å². The van der Waals surface area contributed by atoms with E-state index in [1.54, 1.807) is 17.9 Å². The molecule has 0 unspecified atom stereocenters. The molecule has 7 heteroatoms. The molecule has 0 aliphatic carbocycles. The van der Waals surface area contributed by atoms with Crippen LogP contribution in [0.25, 0.3) is 10.9 Å². The summed E-state index contributed by atoms with van der Waals surface area (Å²) in [6.45, 7) is 1.18. The Labute approximate surface area is 145 Å². The molecule has 1 fully saturated rings. The maximum atomic E-state index is 13.1. The number of likely N-dealkylation sites (tertiary alicyclic amines) is 1. The zero-order valence-electron chi connectivity index (χ0n) is 14.1. The number of rotatable bonds is 4. The highest BCUT2D eigenvalue weighted by Gasteiger charge is 2.36. The molecule has 2 atom stereocenters. The van der Waals surface area contributed by atoms with E-state index in [2.05, 4.69) is 10.1 Å². The Hall–Kier alpha value is -2.80. The van der Waals surface area contributed by atoms with Crippen molar-refractivity contribution in [3.05, 3.63) is 48.3 Å². The SMILES string of the molecule is CO[C@@H]1C[C@@H](Cn2ccc(N)n2)N(C(=O)c2cc3ccccc3[nH]2)C1. The molecule has 4 rings (SSSR count). The van der Waals surface area contributed by atoms with Gasteiger partial charge in [-0.1, -0.05) is 18.2 Å². The number of aromatic nitrogens is 3. The van der Waals surface area contributed by atoms with Gasteiger partial charge < -0.3 is 20.4 Å². The van der Waals surface area contributed by atoms with Crippen molar-refractivity contribution >= 4 is 22.6 Å². The van der Waals surface area contributed by atoms with Crippen molar-refractivity contribution < 1.29 is 9.53 Å². The van der Waals surface area contributed by atoms with E-state index in [1.165, 1.54) is 0 Å². The molecular formula is C18H21N5O2. The maximum absolute atomic E-state index is 13.1. The first-order valence-electron chi connectivity index (χ1n) is 8.34. The van der Waals surface area contributed by atoms with Crippen LogP contribution in [0.5, 0.6) is 0 Å². The number of H-pyrrole nitrogens is 1. The molecule has 0 saturated carbocycles. The number of nitrogens with two attached hydrogens (primary N) is 1. The van der Waals surface area contributed by atoms with E-state index in [-0.39, 0.29) is 18.1 Å². The molecule has 3 aromatic rings. The van der Waals surface area contributed by atoms with E-state index in [4.69, 9.17) is 10.5 Å². The zero-order chi connectivity index (χ0) is 17.4. The minimum absolute atomic E-state index is 0.0131. The van der Waals surface area contributed by atoms with Crippen molar-refractivity contribution in [3.8, 4) is 0 Å². The summed E-state index contributed by atoms with van der Waals surface area (Å²) in [5, 5.41) is 5.27. The monoisotopic (exact) mass is 339 g/mol. The van der Waals surface area contributed by atoms with Gasteiger partial charge in [-0.2, -0.15) is 5.10 Å². The molecular weight excluding hydrogens is 318 g/mol. The van der Waals surface area contributed by atoms with Crippen molar-refractivity contribution in [2.24, 2.45) is 0 Å². The van der Waals surface area contributed by atoms with Crippen LogP contribution in [-0.4, -0.2) is 51.4 Å². The second-order valence-electron chi connectivity index (χ2n) is 6.44. The number of nitrogen functional groups attached to an aromatic ring is 1. The topological polar surface area (TPSA) is 89.2 Å². The largest absolute Gasteiger partial charge is 0.382 e. The second-order valence-corrected chi connectivity index (χ2v) is 6.44. The summed E-state index contributed by atoms with van der Waals surface area (Å²) in [5.41, 5.74) is 7.26. The van der Waals surface area contributed by atoms with Crippen molar-refractivity contribution in [2.75, 3.05) is 19.4 Å². The van der Waals surface area contributed by atoms with E-state index in [0.717, 1.165) is 17.3 Å². The average Bonchev–Trinajstić information content (AvgIpc) is 3.32. The third-order valence-corrected chi connectivity index (χ3v) is 4.79. The number of ether oxygens (including phenoxy) is 1. The third kappa shape index (κ3) is 2.98. The number of carbonyl (C=O) groups is 1. The Morgan fingerprint density at radius 2 is 2.24 bits per heavy atom. The van der Waals surface area contributed by atoms with Crippen LogP contribution in [0.1, 0.15) is 16.9 Å². The van der Waals surface area contributed by atoms with Crippen LogP contribution in [0, 0.1) is 0 Å². The third-order valence-electron chi connectivity index (χ3n) is 4.79. The van der Waals surface area contributed by atoms with Gasteiger partial charge in [-0.05, 0) is 24.6 Å². The molecule has 1 amide bonds. The number of aromatic amines is 1. The molecule has 3 heterocycles. The molecule has 1 saturated heterocycles. The van der Waals surface area contributed by atoms with E-state index < -0.39 is 0 Å². The van der Waals surface area contributed by atoms with Crippen LogP contribution in [0.15, 0.2) is 42.6 Å². The number of nitrogens with zero attached hydrogens (tertiary/aromatic N) is 3. The molecule has 0 spiro atoms. The maximum Gasteiger partial charge on any atom is 0.270 e. The molecule has 1 aliphatic heterocycles. The van der Waals surface area contributed by atoms with Crippen molar-refractivity contribution in [1.82, 2.24) is 19.7 Å². The lowest BCUT2D eigenvalue weighted by molar-refractivity contribution is 0.0674. The Morgan fingerprint density at radius 3 is 2.96 bits per heavy atom. The van der Waals surface area contributed by atoms with Gasteiger partial charge >= 0.3 is 0 Å². The number of amides is 1. The molecule has 25 heavy (non-hydrogen) atoms. The van der Waals surface area contributed by atoms with Gasteiger partial charge in [-0.25, -0.2) is 0 Å². The predicted octanol–water partition coefficient (Wildman–Crippen LogP) is 1.88. The molecule has 2 aromatic heterocycles. The van der Waals surface area contributed by atoms with Crippen LogP contribution in [-0.2, 0) is 11.3 Å². The van der Waals surface area contributed by atoms with E-state index in [0.29, 0.717) is 24.6 Å². The lowest BCUT2D eigenvalue weighted by atomic mass is 10.2. The van der Waals surface area contributed by atoms with E-state index in [1.807, 2.05) is 41.4 Å². The highest BCUT2D eigenvalue weighted by Crippen LogP contribution is 2.25. The quantitative estimate of drug-likeness (QED) is 0.759. The first-order chi connectivity index (χ1) is 12.1. The Kier molecular flexibility index (Phi) is 3.93. The summed E-state index contributed by atoms with van der Waals surface area (Å²) in [5.74, 6) is 0.468. The number of hydrogen-bond donors (Lipinski definition) is 2. The summed E-state index contributed by atoms with van der Waals surface area (Å²) in [6, 6.07) is 11.6. The zero-order valence-corrected chi connectivity index (χ0v) is 14.1. The van der Waals surface area contributed by atoms with E-state index >= 15 is 0 Å². The minimum atomic E-state index is -0.0131. The molecule has 0 radical (unpaired) electrons. The van der Waals surface area contributed by atoms with Crippen molar-refractivity contribution in [1.29, 1.82) is 0 Å². The molecule has 7 nitrogen and oxygen atoms in total. The lowest BCUT2D eigenvalue weighted by Gasteiger charge is -2.23. The molecule has 1 aliphatic rings. The van der Waals surface area contributed by atoms with Gasteiger partial charge in [0.25, 0.3) is 5.91 Å². The second kappa shape index (κ2) is 6.25. The van der Waals surface area contributed by atoms with Gasteiger partial charge in [0.15, 0.2) is 0 Å². The number of benzene rings is 1. The number of anilines is 1. The van der Waals surface area contributed by atoms with Gasteiger partial charge in [0.2, 0.25) is 0 Å². The number of fused-ring (bicyclic) bond motifs is 1. The van der Waals surface area contributed by atoms with Crippen molar-refractivity contribution in [3.63, 3.8) is 0 Å². The normalized spacial score (nSPS) is 20.4. The molecule has 1 aromatic carbocycles. The number of hydrogen-bond acceptors (Lipinski definition) is 4. The van der Waals surface area contributed by atoms with Gasteiger partial charge in [0.05, 0.1) is 18.7 Å². The first kappa shape index (κ1) is 15.7. The average molecular weight is 339 g/mol. The summed E-state index contributed by atoms with van der Waals surface area (Å²) in [7, 11) is 1.69. The fourth-order valence-electron chi connectivity index (χ4n) is 3.50. The summed E-state index contributed by atoms with van der Waals surface area (Å²) in [4.78, 5) is 18.2. The molecule has 0 bridgehead atoms. The van der Waals surface area contributed by atoms with Gasteiger partial charge in [-0.15, -0.1) is 0 Å². The van der Waals surface area contributed by atoms with E-state index in [9.17, 15) is 4.79 Å². The Morgan fingerprint density at radius 1 is 1.40 bits per heavy atom. The fourth-order valence-corrected chi connectivity index (χ4v) is 3.50. The minimum Gasteiger partial charge on any atom is -0.382 e. The van der Waals surface area contributed by atoms with Crippen LogP contribution < -0.4 is 5.73 Å². The number of methoxy groups -OCH3 is 1. The van der Waals surface area contributed by atoms with Gasteiger partial charge in [0.1, 0.15) is 11.5 Å². The fraction of sp³-hybridized carbons (Fsp3) is 0.333. The Bertz CT molecular complexity index is 867. The predicted molar refractivity (Wildman–Crippen MR) is 95.2 cm³/mol. The first-order valence-corrected chi connectivity index (χ1v) is 8.34. The smallest absolute Gasteiger partial charge is 0.270 e. The van der Waals surface area contributed by atoms with Crippen LogP contribution in [0.2, 0.25) is 0 Å². The van der Waals surface area contributed by atoms with Gasteiger partial charge in [-0.3, -0.25) is 9.48 Å². The standard InChI is InChI=1S/C18H21N5O2/c1-25-14-9-13(10-22-7-6-17(19)21-22)23(11-14)18(24)16-8-12-4-2-3-5-15(12)20-16/h2-8,13-14,20H,9-11H2,1H3,(H2,19,21)/t13-,14+/m0/s1. The lowest BCUT2D eigenvalue weighted by Crippen LogP contribution is -2.38. The summed E-state index contributed by atoms with van der Waals surface area (Å²) >= 11 is 0. The number of carbonyl (C=O) groups excluding carboxylic acids is 1. The van der Waals surface area contributed by atoms with Crippen LogP contribution >= 0.6 is 0 Å². The highest BCUT2D eigenvalue weighted by atomic mass is 16.5. The number of nitrogens with one attached hydrogen (secondary N) is 1. The van der Waals surface area contributed by atoms with Gasteiger partial charge in [0, 0.05) is 30.8 Å². The molecule has 3 N–H and O–H groups in total. The number of para-hydroxylation sites is 1.